The van der Waals surface area contributed by atoms with Crippen LogP contribution < -0.4 is 5.32 Å². The summed E-state index contributed by atoms with van der Waals surface area (Å²) in [7, 11) is 1.84. The molecule has 0 unspecified atom stereocenters. The summed E-state index contributed by atoms with van der Waals surface area (Å²) >= 11 is 0. The summed E-state index contributed by atoms with van der Waals surface area (Å²) in [5.74, 6) is 0. The predicted molar refractivity (Wildman–Crippen MR) is 61.2 cm³/mol. The van der Waals surface area contributed by atoms with Crippen molar-refractivity contribution in [3.63, 3.8) is 0 Å². The second kappa shape index (κ2) is 6.75. The van der Waals surface area contributed by atoms with Gasteiger partial charge in [0.05, 0.1) is 18.0 Å². The van der Waals surface area contributed by atoms with Crippen molar-refractivity contribution < 1.29 is 17.9 Å². The minimum Gasteiger partial charge on any atom is -0.371 e. The van der Waals surface area contributed by atoms with Crippen molar-refractivity contribution in [3.05, 3.63) is 17.5 Å². The zero-order valence-corrected chi connectivity index (χ0v) is 10.5. The van der Waals surface area contributed by atoms with Gasteiger partial charge in [-0.15, -0.1) is 0 Å². The van der Waals surface area contributed by atoms with Crippen molar-refractivity contribution in [1.29, 1.82) is 0 Å². The topological polar surface area (TPSA) is 39.1 Å². The summed E-state index contributed by atoms with van der Waals surface area (Å²) in [6, 6.07) is 1.98. The van der Waals surface area contributed by atoms with Crippen molar-refractivity contribution in [2.75, 3.05) is 19.8 Å². The number of hydrogen-bond donors (Lipinski definition) is 1. The molecule has 0 saturated carbocycles. The van der Waals surface area contributed by atoms with E-state index in [-0.39, 0.29) is 6.61 Å². The van der Waals surface area contributed by atoms with Crippen LogP contribution in [0, 0.1) is 0 Å². The number of nitrogens with one attached hydrogen (secondary N) is 1. The highest BCUT2D eigenvalue weighted by Gasteiger charge is 2.27. The van der Waals surface area contributed by atoms with Gasteiger partial charge in [-0.05, 0) is 12.5 Å². The van der Waals surface area contributed by atoms with Crippen LogP contribution in [0.4, 0.5) is 13.2 Å². The number of nitrogens with zero attached hydrogens (tertiary/aromatic N) is 2. The summed E-state index contributed by atoms with van der Waals surface area (Å²) in [4.78, 5) is 0. The Labute approximate surface area is 104 Å². The van der Waals surface area contributed by atoms with Crippen LogP contribution in [0.3, 0.4) is 0 Å². The third-order valence-electron chi connectivity index (χ3n) is 2.38. The number of halogens is 3. The smallest absolute Gasteiger partial charge is 0.371 e. The highest BCUT2D eigenvalue weighted by molar-refractivity contribution is 5.09. The molecule has 0 atom stereocenters. The summed E-state index contributed by atoms with van der Waals surface area (Å²) < 4.78 is 41.6. The van der Waals surface area contributed by atoms with Gasteiger partial charge in [0.2, 0.25) is 0 Å². The van der Waals surface area contributed by atoms with Crippen molar-refractivity contribution in [2.45, 2.75) is 26.1 Å². The first kappa shape index (κ1) is 15.0. The van der Waals surface area contributed by atoms with Crippen molar-refractivity contribution in [3.8, 4) is 0 Å². The van der Waals surface area contributed by atoms with E-state index in [2.05, 4.69) is 15.2 Å². The zero-order valence-electron chi connectivity index (χ0n) is 10.5. The van der Waals surface area contributed by atoms with Gasteiger partial charge in [0, 0.05) is 20.1 Å². The fourth-order valence-electron chi connectivity index (χ4n) is 1.46. The fourth-order valence-corrected chi connectivity index (χ4v) is 1.46. The van der Waals surface area contributed by atoms with E-state index in [0.717, 1.165) is 17.8 Å². The highest BCUT2D eigenvalue weighted by atomic mass is 19.4. The van der Waals surface area contributed by atoms with Gasteiger partial charge in [-0.1, -0.05) is 6.92 Å². The van der Waals surface area contributed by atoms with Crippen LogP contribution in [0.5, 0.6) is 0 Å². The molecule has 18 heavy (non-hydrogen) atoms. The average molecular weight is 265 g/mol. The van der Waals surface area contributed by atoms with Crippen LogP contribution in [-0.4, -0.2) is 35.7 Å². The maximum atomic E-state index is 11.8. The van der Waals surface area contributed by atoms with Crippen LogP contribution in [0.15, 0.2) is 6.07 Å². The second-order valence-electron chi connectivity index (χ2n) is 3.95. The maximum Gasteiger partial charge on any atom is 0.411 e. The lowest BCUT2D eigenvalue weighted by Crippen LogP contribution is -2.24. The molecule has 1 aromatic rings. The number of rotatable bonds is 7. The predicted octanol–water partition coefficient (Wildman–Crippen LogP) is 1.65. The Hall–Kier alpha value is -1.08. The van der Waals surface area contributed by atoms with E-state index in [9.17, 15) is 13.2 Å². The molecule has 1 N–H and O–H groups in total. The van der Waals surface area contributed by atoms with Crippen molar-refractivity contribution in [2.24, 2.45) is 7.05 Å². The molecule has 7 heteroatoms. The molecule has 0 fully saturated rings. The Balaban J connectivity index is 2.16. The van der Waals surface area contributed by atoms with E-state index in [1.54, 1.807) is 4.68 Å². The Kier molecular flexibility index (Phi) is 5.61. The van der Waals surface area contributed by atoms with E-state index in [1.807, 2.05) is 20.0 Å². The fraction of sp³-hybridized carbons (Fsp3) is 0.727. The summed E-state index contributed by atoms with van der Waals surface area (Å²) in [5.41, 5.74) is 2.00. The monoisotopic (exact) mass is 265 g/mol. The lowest BCUT2D eigenvalue weighted by Gasteiger charge is -2.08. The van der Waals surface area contributed by atoms with Crippen molar-refractivity contribution >= 4 is 0 Å². The molecule has 0 amide bonds. The van der Waals surface area contributed by atoms with Crippen LogP contribution in [0.2, 0.25) is 0 Å². The van der Waals surface area contributed by atoms with Gasteiger partial charge in [-0.3, -0.25) is 4.68 Å². The molecular formula is C11H18F3N3O. The molecular weight excluding hydrogens is 247 g/mol. The Morgan fingerprint density at radius 1 is 1.44 bits per heavy atom. The van der Waals surface area contributed by atoms with E-state index in [4.69, 9.17) is 0 Å². The van der Waals surface area contributed by atoms with Gasteiger partial charge < -0.3 is 10.1 Å². The number of alkyl halides is 3. The van der Waals surface area contributed by atoms with Crippen LogP contribution in [-0.2, 0) is 24.8 Å². The minimum atomic E-state index is -4.25. The average Bonchev–Trinajstić information content (AvgIpc) is 2.63. The first-order valence-corrected chi connectivity index (χ1v) is 5.79. The van der Waals surface area contributed by atoms with E-state index >= 15 is 0 Å². The normalized spacial score (nSPS) is 12.1. The summed E-state index contributed by atoms with van der Waals surface area (Å²) in [6.07, 6.45) is -3.39. The lowest BCUT2D eigenvalue weighted by atomic mass is 10.3. The minimum absolute atomic E-state index is 0.0397. The number of aryl methyl sites for hydroxylation is 2. The Bertz CT molecular complexity index is 363. The molecule has 4 nitrogen and oxygen atoms in total. The van der Waals surface area contributed by atoms with E-state index in [1.165, 1.54) is 0 Å². The molecule has 0 aliphatic carbocycles. The molecule has 0 radical (unpaired) electrons. The lowest BCUT2D eigenvalue weighted by molar-refractivity contribution is -0.173. The molecule has 1 heterocycles. The molecule has 0 aromatic carbocycles. The first-order chi connectivity index (χ1) is 8.42. The highest BCUT2D eigenvalue weighted by Crippen LogP contribution is 2.13. The van der Waals surface area contributed by atoms with Gasteiger partial charge in [0.25, 0.3) is 0 Å². The third kappa shape index (κ3) is 5.50. The molecule has 1 rings (SSSR count). The summed E-state index contributed by atoms with van der Waals surface area (Å²) in [5, 5.41) is 7.29. The molecule has 104 valence electrons. The van der Waals surface area contributed by atoms with Gasteiger partial charge in [0.15, 0.2) is 0 Å². The molecule has 0 saturated heterocycles. The van der Waals surface area contributed by atoms with Crippen LogP contribution in [0.25, 0.3) is 0 Å². The Morgan fingerprint density at radius 2 is 2.17 bits per heavy atom. The van der Waals surface area contributed by atoms with E-state index < -0.39 is 12.8 Å². The largest absolute Gasteiger partial charge is 0.411 e. The molecule has 1 aromatic heterocycles. The van der Waals surface area contributed by atoms with Crippen LogP contribution in [0.1, 0.15) is 18.3 Å². The number of ether oxygens (including phenoxy) is 1. The van der Waals surface area contributed by atoms with Gasteiger partial charge in [0.1, 0.15) is 6.61 Å². The first-order valence-electron chi connectivity index (χ1n) is 5.79. The quantitative estimate of drug-likeness (QED) is 0.762. The standard InChI is InChI=1S/C11H18F3N3O/c1-3-9-6-10(17(2)16-9)7-15-4-5-18-8-11(12,13)14/h6,15H,3-5,7-8H2,1-2H3. The SMILES string of the molecule is CCc1cc(CNCCOCC(F)(F)F)n(C)n1. The zero-order chi connectivity index (χ0) is 13.6. The second-order valence-corrected chi connectivity index (χ2v) is 3.95. The Morgan fingerprint density at radius 3 is 2.72 bits per heavy atom. The third-order valence-corrected chi connectivity index (χ3v) is 2.38. The molecule has 0 bridgehead atoms. The van der Waals surface area contributed by atoms with E-state index in [0.29, 0.717) is 13.1 Å². The maximum absolute atomic E-state index is 11.8. The van der Waals surface area contributed by atoms with Crippen molar-refractivity contribution in [1.82, 2.24) is 15.1 Å². The summed E-state index contributed by atoms with van der Waals surface area (Å²) in [6.45, 7) is 1.81. The molecule has 0 aliphatic rings. The number of hydrogen-bond acceptors (Lipinski definition) is 3. The van der Waals surface area contributed by atoms with Gasteiger partial charge in [-0.2, -0.15) is 18.3 Å². The van der Waals surface area contributed by atoms with Gasteiger partial charge in [-0.25, -0.2) is 0 Å². The molecule has 0 spiro atoms. The van der Waals surface area contributed by atoms with Gasteiger partial charge >= 0.3 is 6.18 Å². The molecule has 0 aliphatic heterocycles. The van der Waals surface area contributed by atoms with Crippen LogP contribution >= 0.6 is 0 Å². The number of aromatic nitrogens is 2.